The van der Waals surface area contributed by atoms with Crippen LogP contribution in [0.3, 0.4) is 0 Å². The summed E-state index contributed by atoms with van der Waals surface area (Å²) >= 11 is 2.06. The Kier molecular flexibility index (Phi) is 4.86. The normalized spacial score (nSPS) is 24.1. The molecule has 1 aliphatic carbocycles. The first-order valence-electron chi connectivity index (χ1n) is 6.39. The summed E-state index contributed by atoms with van der Waals surface area (Å²) in [4.78, 5) is 0. The van der Waals surface area contributed by atoms with Crippen molar-refractivity contribution in [3.05, 3.63) is 35.6 Å². The van der Waals surface area contributed by atoms with Gasteiger partial charge in [-0.2, -0.15) is 11.8 Å². The van der Waals surface area contributed by atoms with Gasteiger partial charge in [-0.1, -0.05) is 25.5 Å². The number of hydrogen-bond donors (Lipinski definition) is 1. The first-order valence-corrected chi connectivity index (χ1v) is 7.44. The summed E-state index contributed by atoms with van der Waals surface area (Å²) in [5.74, 6) is 1.04. The molecule has 1 saturated carbocycles. The molecular weight excluding hydrogens is 233 g/mol. The maximum Gasteiger partial charge on any atom is 0.123 e. The fraction of sp³-hybridized carbons (Fsp3) is 0.571. The van der Waals surface area contributed by atoms with E-state index >= 15 is 0 Å². The summed E-state index contributed by atoms with van der Waals surface area (Å²) in [6.45, 7) is 3.08. The zero-order valence-electron chi connectivity index (χ0n) is 10.3. The first-order chi connectivity index (χ1) is 8.29. The second kappa shape index (κ2) is 6.41. The standard InChI is InChI=1S/C14H20FNS/c1-2-17-14-5-3-4-13(14)16-10-11-6-8-12(15)9-7-11/h6-9,13-14,16H,2-5,10H2,1H3. The van der Waals surface area contributed by atoms with Gasteiger partial charge in [0.15, 0.2) is 0 Å². The lowest BCUT2D eigenvalue weighted by molar-refractivity contribution is 0.531. The summed E-state index contributed by atoms with van der Waals surface area (Å²) in [6.07, 6.45) is 3.94. The quantitative estimate of drug-likeness (QED) is 0.860. The number of hydrogen-bond acceptors (Lipinski definition) is 2. The largest absolute Gasteiger partial charge is 0.309 e. The number of thioether (sulfide) groups is 1. The molecule has 0 aliphatic heterocycles. The van der Waals surface area contributed by atoms with Crippen molar-refractivity contribution in [3.8, 4) is 0 Å². The molecule has 1 aromatic rings. The third kappa shape index (κ3) is 3.71. The molecule has 3 heteroatoms. The molecule has 1 nitrogen and oxygen atoms in total. The van der Waals surface area contributed by atoms with E-state index < -0.39 is 0 Å². The van der Waals surface area contributed by atoms with Crippen LogP contribution >= 0.6 is 11.8 Å². The molecule has 2 rings (SSSR count). The Hall–Kier alpha value is -0.540. The van der Waals surface area contributed by atoms with Gasteiger partial charge in [-0.3, -0.25) is 0 Å². The molecule has 0 saturated heterocycles. The van der Waals surface area contributed by atoms with Gasteiger partial charge in [-0.15, -0.1) is 0 Å². The van der Waals surface area contributed by atoms with Crippen LogP contribution in [0.25, 0.3) is 0 Å². The van der Waals surface area contributed by atoms with Crippen LogP contribution in [0, 0.1) is 5.82 Å². The lowest BCUT2D eigenvalue weighted by atomic mass is 10.2. The van der Waals surface area contributed by atoms with Crippen molar-refractivity contribution in [1.82, 2.24) is 5.32 Å². The summed E-state index contributed by atoms with van der Waals surface area (Å²) in [5.41, 5.74) is 1.17. The number of halogens is 1. The van der Waals surface area contributed by atoms with E-state index in [9.17, 15) is 4.39 Å². The van der Waals surface area contributed by atoms with E-state index in [1.807, 2.05) is 12.1 Å². The van der Waals surface area contributed by atoms with Gasteiger partial charge in [0.2, 0.25) is 0 Å². The van der Waals surface area contributed by atoms with E-state index in [1.165, 1.54) is 42.7 Å². The molecule has 17 heavy (non-hydrogen) atoms. The Morgan fingerprint density at radius 3 is 2.76 bits per heavy atom. The Morgan fingerprint density at radius 1 is 1.29 bits per heavy atom. The highest BCUT2D eigenvalue weighted by atomic mass is 32.2. The number of benzene rings is 1. The highest BCUT2D eigenvalue weighted by Gasteiger charge is 2.26. The van der Waals surface area contributed by atoms with Crippen LogP contribution < -0.4 is 5.32 Å². The fourth-order valence-corrected chi connectivity index (χ4v) is 3.65. The molecule has 94 valence electrons. The van der Waals surface area contributed by atoms with Crippen LogP contribution in [0.1, 0.15) is 31.7 Å². The number of nitrogens with one attached hydrogen (secondary N) is 1. The van der Waals surface area contributed by atoms with E-state index in [4.69, 9.17) is 0 Å². The molecular formula is C14H20FNS. The van der Waals surface area contributed by atoms with Crippen LogP contribution in [-0.2, 0) is 6.54 Å². The summed E-state index contributed by atoms with van der Waals surface area (Å²) in [6, 6.07) is 7.41. The minimum atomic E-state index is -0.158. The van der Waals surface area contributed by atoms with E-state index in [2.05, 4.69) is 24.0 Å². The predicted octanol–water partition coefficient (Wildman–Crippen LogP) is 3.59. The minimum absolute atomic E-state index is 0.158. The third-order valence-corrected chi connectivity index (χ3v) is 4.64. The lowest BCUT2D eigenvalue weighted by Gasteiger charge is -2.20. The maximum absolute atomic E-state index is 12.8. The topological polar surface area (TPSA) is 12.0 Å². The first kappa shape index (κ1) is 12.9. The Balaban J connectivity index is 1.83. The minimum Gasteiger partial charge on any atom is -0.309 e. The van der Waals surface area contributed by atoms with E-state index in [0.717, 1.165) is 11.8 Å². The Labute approximate surface area is 107 Å². The lowest BCUT2D eigenvalue weighted by Crippen LogP contribution is -2.33. The molecule has 0 amide bonds. The van der Waals surface area contributed by atoms with Gasteiger partial charge in [-0.25, -0.2) is 4.39 Å². The van der Waals surface area contributed by atoms with E-state index in [-0.39, 0.29) is 5.82 Å². The molecule has 0 bridgehead atoms. The van der Waals surface area contributed by atoms with Crippen LogP contribution in [0.15, 0.2) is 24.3 Å². The molecule has 2 atom stereocenters. The van der Waals surface area contributed by atoms with Crippen LogP contribution in [0.5, 0.6) is 0 Å². The molecule has 1 N–H and O–H groups in total. The second-order valence-corrected chi connectivity index (χ2v) is 6.05. The van der Waals surface area contributed by atoms with Gasteiger partial charge >= 0.3 is 0 Å². The molecule has 1 aromatic carbocycles. The Morgan fingerprint density at radius 2 is 2.06 bits per heavy atom. The SMILES string of the molecule is CCSC1CCCC1NCc1ccc(F)cc1. The Bertz CT molecular complexity index is 339. The molecule has 1 aliphatic rings. The van der Waals surface area contributed by atoms with Gasteiger partial charge in [0.25, 0.3) is 0 Å². The molecule has 0 spiro atoms. The van der Waals surface area contributed by atoms with Crippen LogP contribution in [0.4, 0.5) is 4.39 Å². The maximum atomic E-state index is 12.8. The van der Waals surface area contributed by atoms with Gasteiger partial charge < -0.3 is 5.32 Å². The summed E-state index contributed by atoms with van der Waals surface area (Å²) in [7, 11) is 0. The second-order valence-electron chi connectivity index (χ2n) is 4.54. The third-order valence-electron chi connectivity index (χ3n) is 3.31. The highest BCUT2D eigenvalue weighted by Crippen LogP contribution is 2.30. The summed E-state index contributed by atoms with van der Waals surface area (Å²) < 4.78 is 12.8. The fourth-order valence-electron chi connectivity index (χ4n) is 2.42. The highest BCUT2D eigenvalue weighted by molar-refractivity contribution is 7.99. The van der Waals surface area contributed by atoms with Gasteiger partial charge in [0.05, 0.1) is 0 Å². The van der Waals surface area contributed by atoms with E-state index in [1.54, 1.807) is 0 Å². The predicted molar refractivity (Wildman–Crippen MR) is 72.8 cm³/mol. The van der Waals surface area contributed by atoms with Gasteiger partial charge in [-0.05, 0) is 36.3 Å². The summed E-state index contributed by atoms with van der Waals surface area (Å²) in [5, 5.41) is 4.37. The molecule has 2 unspecified atom stereocenters. The smallest absolute Gasteiger partial charge is 0.123 e. The zero-order valence-corrected chi connectivity index (χ0v) is 11.1. The van der Waals surface area contributed by atoms with Crippen molar-refractivity contribution in [2.45, 2.75) is 44.0 Å². The van der Waals surface area contributed by atoms with E-state index in [0.29, 0.717) is 6.04 Å². The zero-order chi connectivity index (χ0) is 12.1. The molecule has 1 fully saturated rings. The van der Waals surface area contributed by atoms with Crippen molar-refractivity contribution < 1.29 is 4.39 Å². The molecule has 0 radical (unpaired) electrons. The van der Waals surface area contributed by atoms with Crippen LogP contribution in [-0.4, -0.2) is 17.0 Å². The monoisotopic (exact) mass is 253 g/mol. The van der Waals surface area contributed by atoms with Crippen LogP contribution in [0.2, 0.25) is 0 Å². The average molecular weight is 253 g/mol. The van der Waals surface area contributed by atoms with Crippen molar-refractivity contribution in [2.75, 3.05) is 5.75 Å². The molecule has 0 aromatic heterocycles. The van der Waals surface area contributed by atoms with Crippen molar-refractivity contribution in [1.29, 1.82) is 0 Å². The van der Waals surface area contributed by atoms with Gasteiger partial charge in [0, 0.05) is 17.8 Å². The van der Waals surface area contributed by atoms with Crippen molar-refractivity contribution >= 4 is 11.8 Å². The van der Waals surface area contributed by atoms with Crippen molar-refractivity contribution in [2.24, 2.45) is 0 Å². The van der Waals surface area contributed by atoms with Crippen molar-refractivity contribution in [3.63, 3.8) is 0 Å². The van der Waals surface area contributed by atoms with Gasteiger partial charge in [0.1, 0.15) is 5.82 Å². The average Bonchev–Trinajstić information content (AvgIpc) is 2.77. The molecule has 0 heterocycles. The number of rotatable bonds is 5.